The van der Waals surface area contributed by atoms with Crippen molar-refractivity contribution in [2.75, 3.05) is 19.6 Å². The van der Waals surface area contributed by atoms with Gasteiger partial charge in [-0.15, -0.1) is 0 Å². The van der Waals surface area contributed by atoms with Gasteiger partial charge in [-0.3, -0.25) is 9.69 Å². The lowest BCUT2D eigenvalue weighted by Crippen LogP contribution is -2.55. The zero-order valence-corrected chi connectivity index (χ0v) is 11.8. The summed E-state index contributed by atoms with van der Waals surface area (Å²) in [6.45, 7) is 10.8. The summed E-state index contributed by atoms with van der Waals surface area (Å²) in [7, 11) is 0. The molecular weight excluding hydrogens is 246 g/mol. The SMILES string of the molecule is C=C1C(=O)N(C(=O)N[C@H](C)C[C@@H](C)O)CCN1CC. The monoisotopic (exact) mass is 269 g/mol. The van der Waals surface area contributed by atoms with Gasteiger partial charge in [-0.1, -0.05) is 6.58 Å². The van der Waals surface area contributed by atoms with E-state index in [1.165, 1.54) is 4.90 Å². The van der Waals surface area contributed by atoms with Crippen molar-refractivity contribution in [1.82, 2.24) is 15.1 Å². The number of amides is 3. The van der Waals surface area contributed by atoms with E-state index in [2.05, 4.69) is 11.9 Å². The van der Waals surface area contributed by atoms with Crippen LogP contribution in [0.4, 0.5) is 4.79 Å². The third-order valence-corrected chi connectivity index (χ3v) is 3.16. The molecule has 0 spiro atoms. The van der Waals surface area contributed by atoms with Crippen LogP contribution in [0.15, 0.2) is 12.3 Å². The van der Waals surface area contributed by atoms with E-state index in [-0.39, 0.29) is 11.9 Å². The van der Waals surface area contributed by atoms with Gasteiger partial charge in [0.2, 0.25) is 0 Å². The normalized spacial score (nSPS) is 19.4. The highest BCUT2D eigenvalue weighted by atomic mass is 16.3. The fourth-order valence-electron chi connectivity index (χ4n) is 2.15. The molecule has 1 heterocycles. The summed E-state index contributed by atoms with van der Waals surface area (Å²) in [5.74, 6) is -0.352. The number of nitrogens with one attached hydrogen (secondary N) is 1. The highest BCUT2D eigenvalue weighted by molar-refractivity contribution is 6.03. The number of hydrogen-bond acceptors (Lipinski definition) is 4. The second-order valence-electron chi connectivity index (χ2n) is 4.92. The van der Waals surface area contributed by atoms with E-state index in [0.717, 1.165) is 0 Å². The molecular formula is C13H23N3O3. The summed E-state index contributed by atoms with van der Waals surface area (Å²) in [5, 5.41) is 12.0. The Morgan fingerprint density at radius 1 is 1.47 bits per heavy atom. The first kappa shape index (κ1) is 15.5. The van der Waals surface area contributed by atoms with Crippen molar-refractivity contribution in [3.8, 4) is 0 Å². The molecule has 0 aromatic carbocycles. The van der Waals surface area contributed by atoms with Crippen LogP contribution in [0.3, 0.4) is 0 Å². The minimum Gasteiger partial charge on any atom is -0.393 e. The Balaban J connectivity index is 2.58. The van der Waals surface area contributed by atoms with Crippen molar-refractivity contribution < 1.29 is 14.7 Å². The van der Waals surface area contributed by atoms with Gasteiger partial charge in [0.25, 0.3) is 5.91 Å². The molecule has 0 aromatic heterocycles. The Hall–Kier alpha value is -1.56. The molecule has 0 aromatic rings. The predicted molar refractivity (Wildman–Crippen MR) is 72.4 cm³/mol. The van der Waals surface area contributed by atoms with Crippen LogP contribution in [0.2, 0.25) is 0 Å². The number of carbonyl (C=O) groups excluding carboxylic acids is 2. The molecule has 19 heavy (non-hydrogen) atoms. The summed E-state index contributed by atoms with van der Waals surface area (Å²) in [5.41, 5.74) is 0.354. The Bertz CT molecular complexity index is 368. The lowest BCUT2D eigenvalue weighted by Gasteiger charge is -2.35. The largest absolute Gasteiger partial charge is 0.393 e. The molecule has 0 radical (unpaired) electrons. The van der Waals surface area contributed by atoms with Crippen molar-refractivity contribution in [3.05, 3.63) is 12.3 Å². The Kier molecular flexibility index (Phi) is 5.35. The highest BCUT2D eigenvalue weighted by Gasteiger charge is 2.31. The predicted octanol–water partition coefficient (Wildman–Crippen LogP) is 0.533. The van der Waals surface area contributed by atoms with Gasteiger partial charge in [0.05, 0.1) is 11.8 Å². The third kappa shape index (κ3) is 3.96. The molecule has 0 unspecified atom stereocenters. The van der Waals surface area contributed by atoms with Gasteiger partial charge in [0.15, 0.2) is 0 Å². The molecule has 6 nitrogen and oxygen atoms in total. The molecule has 1 rings (SSSR count). The maximum absolute atomic E-state index is 12.0. The van der Waals surface area contributed by atoms with Crippen LogP contribution in [0.25, 0.3) is 0 Å². The summed E-state index contributed by atoms with van der Waals surface area (Å²) in [6.07, 6.45) is -0.0339. The van der Waals surface area contributed by atoms with Crippen LogP contribution in [0.1, 0.15) is 27.2 Å². The van der Waals surface area contributed by atoms with Crippen LogP contribution in [0.5, 0.6) is 0 Å². The molecule has 0 bridgehead atoms. The van der Waals surface area contributed by atoms with Crippen molar-refractivity contribution in [3.63, 3.8) is 0 Å². The first-order valence-electron chi connectivity index (χ1n) is 6.61. The number of hydrogen-bond donors (Lipinski definition) is 2. The van der Waals surface area contributed by atoms with E-state index < -0.39 is 12.1 Å². The molecule has 1 saturated heterocycles. The van der Waals surface area contributed by atoms with Gasteiger partial charge in [-0.2, -0.15) is 0 Å². The van der Waals surface area contributed by atoms with E-state index in [1.807, 2.05) is 11.8 Å². The Labute approximate surface area is 114 Å². The molecule has 1 aliphatic rings. The number of rotatable bonds is 4. The lowest BCUT2D eigenvalue weighted by molar-refractivity contribution is -0.128. The Morgan fingerprint density at radius 3 is 2.63 bits per heavy atom. The topological polar surface area (TPSA) is 72.9 Å². The lowest BCUT2D eigenvalue weighted by atomic mass is 10.1. The number of piperazine rings is 1. The number of aliphatic hydroxyl groups excluding tert-OH is 1. The van der Waals surface area contributed by atoms with E-state index in [1.54, 1.807) is 13.8 Å². The summed E-state index contributed by atoms with van der Waals surface area (Å²) >= 11 is 0. The number of aliphatic hydroxyl groups is 1. The molecule has 0 saturated carbocycles. The van der Waals surface area contributed by atoms with Crippen molar-refractivity contribution in [2.24, 2.45) is 0 Å². The molecule has 108 valence electrons. The molecule has 6 heteroatoms. The average molecular weight is 269 g/mol. The molecule has 3 amide bonds. The van der Waals surface area contributed by atoms with E-state index in [4.69, 9.17) is 0 Å². The smallest absolute Gasteiger partial charge is 0.324 e. The van der Waals surface area contributed by atoms with Crippen LogP contribution < -0.4 is 5.32 Å². The minimum atomic E-state index is -0.488. The van der Waals surface area contributed by atoms with Gasteiger partial charge in [0, 0.05) is 25.7 Å². The maximum atomic E-state index is 12.0. The van der Waals surface area contributed by atoms with Crippen molar-refractivity contribution in [2.45, 2.75) is 39.3 Å². The van der Waals surface area contributed by atoms with E-state index in [0.29, 0.717) is 31.8 Å². The number of likely N-dealkylation sites (N-methyl/N-ethyl adjacent to an activating group) is 1. The summed E-state index contributed by atoms with van der Waals surface area (Å²) < 4.78 is 0. The van der Waals surface area contributed by atoms with Crippen LogP contribution >= 0.6 is 0 Å². The standard InChI is InChI=1S/C13H23N3O3/c1-5-15-6-7-16(12(18)11(15)4)13(19)14-9(2)8-10(3)17/h9-10,17H,4-8H2,1-3H3,(H,14,19)/t9-,10-/m1/s1. The summed E-state index contributed by atoms with van der Waals surface area (Å²) in [4.78, 5) is 27.0. The highest BCUT2D eigenvalue weighted by Crippen LogP contribution is 2.13. The van der Waals surface area contributed by atoms with Crippen molar-refractivity contribution in [1.29, 1.82) is 0 Å². The van der Waals surface area contributed by atoms with Crippen LogP contribution in [0, 0.1) is 0 Å². The second kappa shape index (κ2) is 6.56. The molecule has 0 aliphatic carbocycles. The van der Waals surface area contributed by atoms with Crippen LogP contribution in [-0.4, -0.2) is 58.6 Å². The summed E-state index contributed by atoms with van der Waals surface area (Å²) in [6, 6.07) is -0.604. The fraction of sp³-hybridized carbons (Fsp3) is 0.692. The second-order valence-corrected chi connectivity index (χ2v) is 4.92. The third-order valence-electron chi connectivity index (χ3n) is 3.16. The Morgan fingerprint density at radius 2 is 2.11 bits per heavy atom. The maximum Gasteiger partial charge on any atom is 0.324 e. The quantitative estimate of drug-likeness (QED) is 0.730. The molecule has 2 atom stereocenters. The van der Waals surface area contributed by atoms with Gasteiger partial charge in [-0.25, -0.2) is 4.79 Å². The molecule has 2 N–H and O–H groups in total. The zero-order chi connectivity index (χ0) is 14.6. The van der Waals surface area contributed by atoms with E-state index >= 15 is 0 Å². The number of nitrogens with zero attached hydrogens (tertiary/aromatic N) is 2. The number of carbonyl (C=O) groups is 2. The van der Waals surface area contributed by atoms with E-state index in [9.17, 15) is 14.7 Å². The van der Waals surface area contributed by atoms with Gasteiger partial charge >= 0.3 is 6.03 Å². The van der Waals surface area contributed by atoms with Gasteiger partial charge < -0.3 is 15.3 Å². The number of imide groups is 1. The number of urea groups is 1. The first-order chi connectivity index (χ1) is 8.86. The van der Waals surface area contributed by atoms with Crippen LogP contribution in [-0.2, 0) is 4.79 Å². The fourth-order valence-corrected chi connectivity index (χ4v) is 2.15. The first-order valence-corrected chi connectivity index (χ1v) is 6.61. The van der Waals surface area contributed by atoms with Gasteiger partial charge in [0.1, 0.15) is 0 Å². The average Bonchev–Trinajstić information content (AvgIpc) is 2.31. The molecule has 1 fully saturated rings. The molecule has 1 aliphatic heterocycles. The van der Waals surface area contributed by atoms with Crippen molar-refractivity contribution >= 4 is 11.9 Å². The minimum absolute atomic E-state index is 0.183. The van der Waals surface area contributed by atoms with Gasteiger partial charge in [-0.05, 0) is 27.2 Å². The zero-order valence-electron chi connectivity index (χ0n) is 11.8.